The summed E-state index contributed by atoms with van der Waals surface area (Å²) in [5.74, 6) is 0. The molecule has 0 aromatic carbocycles. The zero-order valence-electron chi connectivity index (χ0n) is 10.0. The molecule has 18 heavy (non-hydrogen) atoms. The summed E-state index contributed by atoms with van der Waals surface area (Å²) in [7, 11) is 2.81. The first-order valence-electron chi connectivity index (χ1n) is 4.50. The number of hydrogen-bond donors (Lipinski definition) is 0. The van der Waals surface area contributed by atoms with E-state index >= 15 is 0 Å². The van der Waals surface area contributed by atoms with Crippen LogP contribution >= 0.6 is 39.5 Å². The molecule has 0 atom stereocenters. The van der Waals surface area contributed by atoms with E-state index in [4.69, 9.17) is 9.59 Å². The number of aromatic nitrogens is 2. The summed E-state index contributed by atoms with van der Waals surface area (Å²) < 4.78 is 4.28. The molecule has 1 aromatic heterocycles. The van der Waals surface area contributed by atoms with E-state index < -0.39 is 0 Å². The van der Waals surface area contributed by atoms with E-state index in [0.717, 1.165) is 16.6 Å². The van der Waals surface area contributed by atoms with Crippen molar-refractivity contribution < 1.29 is 48.2 Å². The molecule has 1 aromatic rings. The van der Waals surface area contributed by atoms with Gasteiger partial charge in [-0.2, -0.15) is 0 Å². The molecule has 8 heteroatoms. The van der Waals surface area contributed by atoms with Crippen LogP contribution in [0.3, 0.4) is 0 Å². The standard InChI is InChI=1S/C8H15N2.2CO.3HI.Rh/c1-3-4-5-10-7-6-9(2)8-10;2*1-2;;;;/h6-8H,3-5H2,1-2H3;;;3*1H;/q+1;;;;;;+2/p-3. The van der Waals surface area contributed by atoms with Gasteiger partial charge in [0.1, 0.15) is 12.4 Å². The Morgan fingerprint density at radius 1 is 1.28 bits per heavy atom. The Balaban J connectivity index is -0.000000106. The van der Waals surface area contributed by atoms with Crippen LogP contribution in [-0.2, 0) is 33.3 Å². The number of carbonyl (C=O) groups excluding carboxylic acids is 2. The summed E-state index contributed by atoms with van der Waals surface area (Å²) in [6.07, 6.45) is 8.82. The van der Waals surface area contributed by atoms with E-state index in [-0.39, 0.29) is 24.0 Å². The molecule has 0 aliphatic carbocycles. The third kappa shape index (κ3) is 22.5. The number of hydrogen-bond acceptors (Lipinski definition) is 2. The van der Waals surface area contributed by atoms with Gasteiger partial charge in [0.15, 0.2) is 0 Å². The van der Waals surface area contributed by atoms with Crippen LogP contribution in [0.2, 0.25) is 0 Å². The van der Waals surface area contributed by atoms with E-state index in [9.17, 15) is 0 Å². The zero-order valence-corrected chi connectivity index (χ0v) is 18.1. The van der Waals surface area contributed by atoms with Gasteiger partial charge in [0.2, 0.25) is 6.33 Å². The molecular weight excluding hydrogens is 664 g/mol. The van der Waals surface area contributed by atoms with E-state index in [1.807, 2.05) is 7.05 Å². The normalized spacial score (nSPS) is 7.33. The van der Waals surface area contributed by atoms with Gasteiger partial charge in [-0.05, 0) is 6.42 Å². The first-order chi connectivity index (χ1) is 8.24. The van der Waals surface area contributed by atoms with Crippen molar-refractivity contribution in [2.45, 2.75) is 26.3 Å². The summed E-state index contributed by atoms with van der Waals surface area (Å²) in [4.78, 5) is 15.0. The number of imidazole rings is 1. The Kier molecular flexibility index (Phi) is 41.2. The van der Waals surface area contributed by atoms with Crippen molar-refractivity contribution in [1.82, 2.24) is 4.57 Å². The monoisotopic (exact) mass is 679 g/mol. The summed E-state index contributed by atoms with van der Waals surface area (Å²) in [6, 6.07) is 0. The Labute approximate surface area is 156 Å². The van der Waals surface area contributed by atoms with Gasteiger partial charge in [0.05, 0.1) is 13.6 Å². The molecule has 0 aliphatic rings. The van der Waals surface area contributed by atoms with E-state index in [1.54, 1.807) is 0 Å². The van der Waals surface area contributed by atoms with Gasteiger partial charge in [-0.25, -0.2) is 9.13 Å². The first-order valence-corrected chi connectivity index (χ1v) is 14.2. The number of rotatable bonds is 3. The molecule has 4 nitrogen and oxygen atoms in total. The number of nitrogens with zero attached hydrogens (tertiary/aromatic N) is 2. The van der Waals surface area contributed by atoms with Gasteiger partial charge >= 0.3 is 49.6 Å². The van der Waals surface area contributed by atoms with Crippen molar-refractivity contribution in [1.29, 1.82) is 0 Å². The van der Waals surface area contributed by atoms with Crippen molar-refractivity contribution in [3.63, 3.8) is 0 Å². The van der Waals surface area contributed by atoms with Crippen LogP contribution in [0.25, 0.3) is 0 Å². The molecule has 1 rings (SSSR count). The van der Waals surface area contributed by atoms with Crippen molar-refractivity contribution in [3.05, 3.63) is 18.7 Å². The molecule has 0 saturated heterocycles. The fraction of sp³-hybridized carbons (Fsp3) is 0.500. The van der Waals surface area contributed by atoms with Crippen LogP contribution in [0.1, 0.15) is 19.8 Å². The summed E-state index contributed by atoms with van der Waals surface area (Å²) in [6.45, 7) is 12.4. The predicted molar refractivity (Wildman–Crippen MR) is 79.9 cm³/mol. The van der Waals surface area contributed by atoms with Gasteiger partial charge in [-0.1, -0.05) is 13.3 Å². The molecular formula is C10H15I3N2O2Rh. The molecule has 4 radical (unpaired) electrons. The summed E-state index contributed by atoms with van der Waals surface area (Å²) in [5.41, 5.74) is 0. The molecule has 0 amide bonds. The molecule has 0 spiro atoms. The molecule has 0 saturated carbocycles. The Hall–Kier alpha value is 1.36. The molecule has 1 heterocycles. The van der Waals surface area contributed by atoms with Gasteiger partial charge in [-0.15, -0.1) is 0 Å². The van der Waals surface area contributed by atoms with Gasteiger partial charge in [0, 0.05) is 0 Å². The maximum atomic E-state index is 7.50. The average molecular weight is 679 g/mol. The van der Waals surface area contributed by atoms with Crippen LogP contribution in [-0.4, -0.2) is 18.1 Å². The molecule has 107 valence electrons. The third-order valence-electron chi connectivity index (χ3n) is 1.59. The molecule has 0 aliphatic heterocycles. The fourth-order valence-electron chi connectivity index (χ4n) is 0.975. The van der Waals surface area contributed by atoms with Crippen molar-refractivity contribution >= 4 is 53.1 Å². The van der Waals surface area contributed by atoms with Gasteiger partial charge < -0.3 is 24.0 Å². The molecule has 0 N–H and O–H groups in total. The quantitative estimate of drug-likeness (QED) is 0.236. The SMILES string of the molecule is CCCCn1cc[n+](C)c1.[C]=O.[C]=O.[I-].[I][Rh][I]. The van der Waals surface area contributed by atoms with E-state index in [2.05, 4.69) is 87.9 Å². The number of aryl methyl sites for hydroxylation is 2. The van der Waals surface area contributed by atoms with Gasteiger partial charge in [0.25, 0.3) is 13.6 Å². The molecule has 0 fully saturated rings. The van der Waals surface area contributed by atoms with E-state index in [0.29, 0.717) is 0 Å². The maximum absolute atomic E-state index is 7.50. The minimum atomic E-state index is 0. The Morgan fingerprint density at radius 2 is 1.72 bits per heavy atom. The predicted octanol–water partition coefficient (Wildman–Crippen LogP) is -0.909. The minimum absolute atomic E-state index is 0. The summed E-state index contributed by atoms with van der Waals surface area (Å²) in [5, 5.41) is 0. The van der Waals surface area contributed by atoms with Crippen molar-refractivity contribution in [2.75, 3.05) is 0 Å². The molecule has 0 bridgehead atoms. The van der Waals surface area contributed by atoms with Gasteiger partial charge in [-0.3, -0.25) is 9.59 Å². The fourth-order valence-corrected chi connectivity index (χ4v) is 0.975. The van der Waals surface area contributed by atoms with Crippen molar-refractivity contribution in [2.24, 2.45) is 7.05 Å². The number of halogens is 3. The topological polar surface area (TPSA) is 43.0 Å². The average Bonchev–Trinajstić information content (AvgIpc) is 2.79. The third-order valence-corrected chi connectivity index (χ3v) is 1.59. The second-order valence-electron chi connectivity index (χ2n) is 2.72. The second-order valence-corrected chi connectivity index (χ2v) is 15.3. The molecule has 0 unspecified atom stereocenters. The van der Waals surface area contributed by atoms with Crippen LogP contribution in [0.15, 0.2) is 18.7 Å². The van der Waals surface area contributed by atoms with Crippen LogP contribution in [0, 0.1) is 0 Å². The second kappa shape index (κ2) is 26.8. The Bertz CT molecular complexity index is 251. The van der Waals surface area contributed by atoms with E-state index in [1.165, 1.54) is 12.8 Å². The zero-order chi connectivity index (χ0) is 14.1. The van der Waals surface area contributed by atoms with Crippen LogP contribution in [0.5, 0.6) is 0 Å². The summed E-state index contributed by atoms with van der Waals surface area (Å²) >= 11 is 4.69. The van der Waals surface area contributed by atoms with Crippen LogP contribution in [0.4, 0.5) is 0 Å². The van der Waals surface area contributed by atoms with Crippen LogP contribution < -0.4 is 28.5 Å². The van der Waals surface area contributed by atoms with Crippen molar-refractivity contribution in [3.8, 4) is 0 Å². The Morgan fingerprint density at radius 3 is 2.00 bits per heavy atom. The first kappa shape index (κ1) is 27.7. The number of unbranched alkanes of at least 4 members (excludes halogenated alkanes) is 1.